The SMILES string of the molecule is C=C(C)c1nc2ccccc2c(=O)o1. The monoisotopic (exact) mass is 187 g/mol. The molecule has 1 aromatic heterocycles. The molecule has 0 fully saturated rings. The molecule has 0 spiro atoms. The summed E-state index contributed by atoms with van der Waals surface area (Å²) in [7, 11) is 0. The maximum Gasteiger partial charge on any atom is 0.347 e. The van der Waals surface area contributed by atoms with Crippen molar-refractivity contribution in [1.29, 1.82) is 0 Å². The summed E-state index contributed by atoms with van der Waals surface area (Å²) in [4.78, 5) is 15.6. The van der Waals surface area contributed by atoms with Crippen LogP contribution >= 0.6 is 0 Å². The van der Waals surface area contributed by atoms with E-state index in [0.29, 0.717) is 22.4 Å². The van der Waals surface area contributed by atoms with E-state index in [1.807, 2.05) is 6.07 Å². The van der Waals surface area contributed by atoms with Crippen LogP contribution in [-0.2, 0) is 0 Å². The molecule has 3 heteroatoms. The fourth-order valence-electron chi connectivity index (χ4n) is 1.20. The Kier molecular flexibility index (Phi) is 1.93. The summed E-state index contributed by atoms with van der Waals surface area (Å²) in [5.41, 5.74) is 0.920. The zero-order chi connectivity index (χ0) is 10.1. The van der Waals surface area contributed by atoms with Gasteiger partial charge in [0, 0.05) is 5.57 Å². The van der Waals surface area contributed by atoms with Gasteiger partial charge in [0.2, 0.25) is 5.89 Å². The highest BCUT2D eigenvalue weighted by Gasteiger charge is 2.04. The molecular formula is C11H9NO2. The van der Waals surface area contributed by atoms with E-state index in [4.69, 9.17) is 4.42 Å². The van der Waals surface area contributed by atoms with Gasteiger partial charge in [-0.3, -0.25) is 0 Å². The summed E-state index contributed by atoms with van der Waals surface area (Å²) in [5.74, 6) is 0.300. The Morgan fingerprint density at radius 3 is 2.86 bits per heavy atom. The number of hydrogen-bond acceptors (Lipinski definition) is 3. The lowest BCUT2D eigenvalue weighted by molar-refractivity contribution is 0.486. The Labute approximate surface area is 80.7 Å². The molecule has 0 N–H and O–H groups in total. The summed E-state index contributed by atoms with van der Waals surface area (Å²) >= 11 is 0. The molecule has 0 atom stereocenters. The standard InChI is InChI=1S/C11H9NO2/c1-7(2)10-12-9-6-4-3-5-8(9)11(13)14-10/h3-6H,1H2,2H3. The van der Waals surface area contributed by atoms with Crippen molar-refractivity contribution in [2.24, 2.45) is 0 Å². The number of nitrogens with zero attached hydrogens (tertiary/aromatic N) is 1. The normalized spacial score (nSPS) is 10.4. The summed E-state index contributed by atoms with van der Waals surface area (Å²) in [5, 5.41) is 0.498. The lowest BCUT2D eigenvalue weighted by atomic mass is 10.2. The van der Waals surface area contributed by atoms with Gasteiger partial charge in [0.15, 0.2) is 0 Å². The van der Waals surface area contributed by atoms with Gasteiger partial charge in [0.1, 0.15) is 0 Å². The number of rotatable bonds is 1. The second kappa shape index (κ2) is 3.10. The lowest BCUT2D eigenvalue weighted by Gasteiger charge is -1.98. The zero-order valence-electron chi connectivity index (χ0n) is 7.78. The number of hydrogen-bond donors (Lipinski definition) is 0. The molecule has 2 aromatic rings. The lowest BCUT2D eigenvalue weighted by Crippen LogP contribution is -2.03. The molecule has 0 amide bonds. The molecule has 0 bridgehead atoms. The van der Waals surface area contributed by atoms with Crippen LogP contribution in [0.5, 0.6) is 0 Å². The Hall–Kier alpha value is -1.90. The van der Waals surface area contributed by atoms with Gasteiger partial charge in [0.25, 0.3) is 0 Å². The van der Waals surface area contributed by atoms with Crippen molar-refractivity contribution in [3.05, 3.63) is 47.2 Å². The zero-order valence-corrected chi connectivity index (χ0v) is 7.78. The van der Waals surface area contributed by atoms with Crippen LogP contribution in [0.15, 0.2) is 40.1 Å². The maximum absolute atomic E-state index is 11.5. The minimum atomic E-state index is -0.367. The van der Waals surface area contributed by atoms with E-state index in [1.165, 1.54) is 0 Å². The average molecular weight is 187 g/mol. The summed E-state index contributed by atoms with van der Waals surface area (Å²) < 4.78 is 4.99. The van der Waals surface area contributed by atoms with Gasteiger partial charge < -0.3 is 4.42 Å². The smallest absolute Gasteiger partial charge is 0.347 e. The minimum Gasteiger partial charge on any atom is -0.404 e. The molecule has 0 radical (unpaired) electrons. The largest absolute Gasteiger partial charge is 0.404 e. The molecular weight excluding hydrogens is 178 g/mol. The third-order valence-corrected chi connectivity index (χ3v) is 1.90. The minimum absolute atomic E-state index is 0.300. The molecule has 2 rings (SSSR count). The second-order valence-corrected chi connectivity index (χ2v) is 3.10. The van der Waals surface area contributed by atoms with E-state index in [2.05, 4.69) is 11.6 Å². The molecule has 1 heterocycles. The first-order valence-electron chi connectivity index (χ1n) is 4.24. The molecule has 70 valence electrons. The number of allylic oxidation sites excluding steroid dienone is 1. The second-order valence-electron chi connectivity index (χ2n) is 3.10. The number of aromatic nitrogens is 1. The van der Waals surface area contributed by atoms with Crippen molar-refractivity contribution < 1.29 is 4.42 Å². The molecule has 0 aliphatic heterocycles. The van der Waals surface area contributed by atoms with E-state index in [0.717, 1.165) is 0 Å². The van der Waals surface area contributed by atoms with Gasteiger partial charge >= 0.3 is 5.63 Å². The molecule has 3 nitrogen and oxygen atoms in total. The van der Waals surface area contributed by atoms with E-state index in [9.17, 15) is 4.79 Å². The quantitative estimate of drug-likeness (QED) is 0.687. The molecule has 0 aliphatic carbocycles. The fraction of sp³-hybridized carbons (Fsp3) is 0.0909. The molecule has 0 aliphatic rings. The predicted molar refractivity (Wildman–Crippen MR) is 55.0 cm³/mol. The Morgan fingerprint density at radius 2 is 2.14 bits per heavy atom. The summed E-state index contributed by atoms with van der Waals surface area (Å²) in [6, 6.07) is 7.08. The topological polar surface area (TPSA) is 43.1 Å². The van der Waals surface area contributed by atoms with E-state index in [-0.39, 0.29) is 5.63 Å². The number of para-hydroxylation sites is 1. The third kappa shape index (κ3) is 1.33. The van der Waals surface area contributed by atoms with Crippen LogP contribution < -0.4 is 5.63 Å². The number of benzene rings is 1. The van der Waals surface area contributed by atoms with Gasteiger partial charge in [-0.2, -0.15) is 0 Å². The first kappa shape index (κ1) is 8.69. The van der Waals surface area contributed by atoms with Gasteiger partial charge in [-0.05, 0) is 19.1 Å². The first-order valence-corrected chi connectivity index (χ1v) is 4.24. The van der Waals surface area contributed by atoms with Gasteiger partial charge in [0.05, 0.1) is 10.9 Å². The van der Waals surface area contributed by atoms with E-state index < -0.39 is 0 Å². The van der Waals surface area contributed by atoms with Crippen molar-refractivity contribution in [3.8, 4) is 0 Å². The van der Waals surface area contributed by atoms with E-state index in [1.54, 1.807) is 25.1 Å². The van der Waals surface area contributed by atoms with Gasteiger partial charge in [-0.1, -0.05) is 18.7 Å². The van der Waals surface area contributed by atoms with Gasteiger partial charge in [-0.15, -0.1) is 0 Å². The highest BCUT2D eigenvalue weighted by molar-refractivity contribution is 5.77. The van der Waals surface area contributed by atoms with Crippen LogP contribution in [0.1, 0.15) is 12.8 Å². The van der Waals surface area contributed by atoms with Crippen molar-refractivity contribution in [1.82, 2.24) is 4.98 Å². The van der Waals surface area contributed by atoms with Crippen molar-refractivity contribution in [2.75, 3.05) is 0 Å². The van der Waals surface area contributed by atoms with E-state index >= 15 is 0 Å². The van der Waals surface area contributed by atoms with Crippen LogP contribution in [0.2, 0.25) is 0 Å². The van der Waals surface area contributed by atoms with Crippen LogP contribution in [0.3, 0.4) is 0 Å². The summed E-state index contributed by atoms with van der Waals surface area (Å²) in [6.45, 7) is 5.43. The molecule has 0 saturated carbocycles. The molecule has 0 saturated heterocycles. The van der Waals surface area contributed by atoms with Crippen molar-refractivity contribution >= 4 is 16.5 Å². The van der Waals surface area contributed by atoms with Crippen LogP contribution in [-0.4, -0.2) is 4.98 Å². The first-order chi connectivity index (χ1) is 6.68. The Morgan fingerprint density at radius 1 is 1.43 bits per heavy atom. The maximum atomic E-state index is 11.5. The van der Waals surface area contributed by atoms with Crippen molar-refractivity contribution in [3.63, 3.8) is 0 Å². The van der Waals surface area contributed by atoms with Gasteiger partial charge in [-0.25, -0.2) is 9.78 Å². The predicted octanol–water partition coefficient (Wildman–Crippen LogP) is 2.22. The molecule has 14 heavy (non-hydrogen) atoms. The third-order valence-electron chi connectivity index (χ3n) is 1.90. The highest BCUT2D eigenvalue weighted by Crippen LogP contribution is 2.11. The fourth-order valence-corrected chi connectivity index (χ4v) is 1.20. The summed E-state index contributed by atoms with van der Waals surface area (Å²) in [6.07, 6.45) is 0. The van der Waals surface area contributed by atoms with Crippen molar-refractivity contribution in [2.45, 2.75) is 6.92 Å². The highest BCUT2D eigenvalue weighted by atomic mass is 16.4. The number of fused-ring (bicyclic) bond motifs is 1. The molecule has 1 aromatic carbocycles. The average Bonchev–Trinajstić information content (AvgIpc) is 2.17. The Bertz CT molecular complexity index is 554. The van der Waals surface area contributed by atoms with Crippen LogP contribution in [0.4, 0.5) is 0 Å². The van der Waals surface area contributed by atoms with Crippen LogP contribution in [0, 0.1) is 0 Å². The molecule has 0 unspecified atom stereocenters. The van der Waals surface area contributed by atoms with Crippen LogP contribution in [0.25, 0.3) is 16.5 Å². The Balaban J connectivity index is 2.86.